The zero-order valence-electron chi connectivity index (χ0n) is 10.1. The fourth-order valence-corrected chi connectivity index (χ4v) is 1.98. The molecule has 1 aromatic carbocycles. The number of benzene rings is 1. The van der Waals surface area contributed by atoms with E-state index in [9.17, 15) is 4.79 Å². The van der Waals surface area contributed by atoms with Crippen LogP contribution >= 0.6 is 24.8 Å². The number of nitrogens with zero attached hydrogens (tertiary/aromatic N) is 3. The molecule has 0 aliphatic carbocycles. The fourth-order valence-electron chi connectivity index (χ4n) is 1.98. The lowest BCUT2D eigenvalue weighted by atomic mass is 10.1. The molecule has 0 radical (unpaired) electrons. The van der Waals surface area contributed by atoms with Crippen molar-refractivity contribution in [1.82, 2.24) is 20.1 Å². The van der Waals surface area contributed by atoms with Crippen molar-refractivity contribution >= 4 is 30.6 Å². The third-order valence-electron chi connectivity index (χ3n) is 2.86. The van der Waals surface area contributed by atoms with Crippen molar-refractivity contribution in [3.05, 3.63) is 47.5 Å². The van der Waals surface area contributed by atoms with Gasteiger partial charge >= 0.3 is 0 Å². The van der Waals surface area contributed by atoms with Gasteiger partial charge in [-0.2, -0.15) is 0 Å². The number of carbonyl (C=O) groups is 1. The molecule has 2 heterocycles. The largest absolute Gasteiger partial charge is 0.308 e. The smallest absolute Gasteiger partial charge is 0.230 e. The van der Waals surface area contributed by atoms with Crippen molar-refractivity contribution in [2.45, 2.75) is 13.1 Å². The van der Waals surface area contributed by atoms with Gasteiger partial charge in [-0.15, -0.1) is 35.0 Å². The minimum atomic E-state index is -0.0637. The monoisotopic (exact) mass is 300 g/mol. The Labute approximate surface area is 123 Å². The summed E-state index contributed by atoms with van der Waals surface area (Å²) in [5.41, 5.74) is 0.654. The van der Waals surface area contributed by atoms with Gasteiger partial charge in [0.05, 0.1) is 6.54 Å². The van der Waals surface area contributed by atoms with E-state index in [1.165, 1.54) is 0 Å². The van der Waals surface area contributed by atoms with Crippen molar-refractivity contribution in [2.24, 2.45) is 0 Å². The van der Waals surface area contributed by atoms with Crippen LogP contribution in [0.5, 0.6) is 0 Å². The van der Waals surface area contributed by atoms with Crippen LogP contribution in [0.25, 0.3) is 0 Å². The third-order valence-corrected chi connectivity index (χ3v) is 2.86. The summed E-state index contributed by atoms with van der Waals surface area (Å²) in [6, 6.07) is 9.18. The molecule has 1 aliphatic heterocycles. The summed E-state index contributed by atoms with van der Waals surface area (Å²) in [7, 11) is 0. The summed E-state index contributed by atoms with van der Waals surface area (Å²) in [5, 5.41) is 11.2. The fraction of sp³-hybridized carbons (Fsp3) is 0.250. The van der Waals surface area contributed by atoms with Gasteiger partial charge in [0.15, 0.2) is 0 Å². The van der Waals surface area contributed by atoms with Crippen LogP contribution < -0.4 is 5.32 Å². The second-order valence-corrected chi connectivity index (χ2v) is 3.96. The van der Waals surface area contributed by atoms with Gasteiger partial charge in [0.25, 0.3) is 0 Å². The quantitative estimate of drug-likeness (QED) is 0.853. The molecule has 0 saturated carbocycles. The van der Waals surface area contributed by atoms with E-state index in [2.05, 4.69) is 15.5 Å². The van der Waals surface area contributed by atoms with Crippen LogP contribution in [-0.4, -0.2) is 27.1 Å². The van der Waals surface area contributed by atoms with E-state index in [1.54, 1.807) is 12.1 Å². The van der Waals surface area contributed by atoms with E-state index in [1.807, 2.05) is 22.8 Å². The molecule has 0 spiro atoms. The van der Waals surface area contributed by atoms with Crippen LogP contribution in [0, 0.1) is 0 Å². The summed E-state index contributed by atoms with van der Waals surface area (Å²) < 4.78 is 1.89. The lowest BCUT2D eigenvalue weighted by Crippen LogP contribution is -2.30. The Morgan fingerprint density at radius 2 is 1.89 bits per heavy atom. The van der Waals surface area contributed by atoms with Crippen LogP contribution in [0.3, 0.4) is 0 Å². The first-order chi connectivity index (χ1) is 8.36. The second kappa shape index (κ2) is 6.65. The minimum Gasteiger partial charge on any atom is -0.308 e. The molecule has 1 aliphatic rings. The van der Waals surface area contributed by atoms with Crippen molar-refractivity contribution in [1.29, 1.82) is 0 Å². The number of hydrogen-bond acceptors (Lipinski definition) is 4. The standard InChI is InChI=1S/C12H12N4O.2ClH/c17-11(9-4-2-1-3-5-9)12-15-14-10-8-13-6-7-16(10)12;;/h1-5,13H,6-8H2;2*1H. The van der Waals surface area contributed by atoms with Gasteiger partial charge < -0.3 is 9.88 Å². The molecule has 5 nitrogen and oxygen atoms in total. The van der Waals surface area contributed by atoms with Crippen molar-refractivity contribution in [2.75, 3.05) is 6.54 Å². The summed E-state index contributed by atoms with van der Waals surface area (Å²) in [4.78, 5) is 12.2. The summed E-state index contributed by atoms with van der Waals surface area (Å²) in [6.07, 6.45) is 0. The predicted octanol–water partition coefficient (Wildman–Crippen LogP) is 1.46. The van der Waals surface area contributed by atoms with Crippen molar-refractivity contribution in [3.8, 4) is 0 Å². The highest BCUT2D eigenvalue weighted by Gasteiger charge is 2.21. The average Bonchev–Trinajstić information content (AvgIpc) is 2.83. The normalized spacial score (nSPS) is 12.8. The van der Waals surface area contributed by atoms with Gasteiger partial charge in [0.1, 0.15) is 5.82 Å². The maximum absolute atomic E-state index is 12.2. The molecule has 2 aromatic rings. The van der Waals surface area contributed by atoms with Crippen LogP contribution in [-0.2, 0) is 13.1 Å². The van der Waals surface area contributed by atoms with Crippen molar-refractivity contribution in [3.63, 3.8) is 0 Å². The first-order valence-corrected chi connectivity index (χ1v) is 5.59. The number of hydrogen-bond donors (Lipinski definition) is 1. The van der Waals surface area contributed by atoms with E-state index in [4.69, 9.17) is 0 Å². The first kappa shape index (κ1) is 15.6. The molecule has 7 heteroatoms. The molecule has 0 amide bonds. The highest BCUT2D eigenvalue weighted by atomic mass is 35.5. The van der Waals surface area contributed by atoms with E-state index < -0.39 is 0 Å². The number of halogens is 2. The van der Waals surface area contributed by atoms with Gasteiger partial charge in [-0.3, -0.25) is 4.79 Å². The predicted molar refractivity (Wildman–Crippen MR) is 76.1 cm³/mol. The maximum atomic E-state index is 12.2. The average molecular weight is 301 g/mol. The second-order valence-electron chi connectivity index (χ2n) is 3.96. The van der Waals surface area contributed by atoms with Crippen LogP contribution in [0.15, 0.2) is 30.3 Å². The molecule has 1 N–H and O–H groups in total. The number of aromatic nitrogens is 3. The Morgan fingerprint density at radius 1 is 1.16 bits per heavy atom. The molecule has 102 valence electrons. The van der Waals surface area contributed by atoms with Crippen LogP contribution in [0.2, 0.25) is 0 Å². The third kappa shape index (κ3) is 2.94. The molecule has 1 aromatic heterocycles. The Kier molecular flexibility index (Phi) is 5.47. The zero-order valence-corrected chi connectivity index (χ0v) is 11.7. The first-order valence-electron chi connectivity index (χ1n) is 5.59. The molecule has 3 rings (SSSR count). The lowest BCUT2D eigenvalue weighted by molar-refractivity contribution is 0.102. The van der Waals surface area contributed by atoms with Crippen molar-refractivity contribution < 1.29 is 4.79 Å². The van der Waals surface area contributed by atoms with Gasteiger partial charge in [-0.05, 0) is 0 Å². The summed E-state index contributed by atoms with van der Waals surface area (Å²) in [5.74, 6) is 1.20. The molecule has 19 heavy (non-hydrogen) atoms. The SMILES string of the molecule is Cl.Cl.O=C(c1ccccc1)c1nnc2n1CCNC2. The number of fused-ring (bicyclic) bond motifs is 1. The van der Waals surface area contributed by atoms with E-state index >= 15 is 0 Å². The molecular formula is C12H14Cl2N4O. The molecule has 0 atom stereocenters. The lowest BCUT2D eigenvalue weighted by Gasteiger charge is -2.15. The maximum Gasteiger partial charge on any atom is 0.230 e. The van der Waals surface area contributed by atoms with E-state index in [0.29, 0.717) is 17.9 Å². The number of nitrogens with one attached hydrogen (secondary N) is 1. The molecule has 0 bridgehead atoms. The topological polar surface area (TPSA) is 59.8 Å². The summed E-state index contributed by atoms with van der Waals surface area (Å²) >= 11 is 0. The highest BCUT2D eigenvalue weighted by Crippen LogP contribution is 2.11. The minimum absolute atomic E-state index is 0. The van der Waals surface area contributed by atoms with E-state index in [0.717, 1.165) is 18.9 Å². The molecule has 0 fully saturated rings. The van der Waals surface area contributed by atoms with E-state index in [-0.39, 0.29) is 30.6 Å². The molecule has 0 unspecified atom stereocenters. The highest BCUT2D eigenvalue weighted by molar-refractivity contribution is 6.06. The van der Waals surface area contributed by atoms with Crippen LogP contribution in [0.1, 0.15) is 22.0 Å². The number of ketones is 1. The van der Waals surface area contributed by atoms with Gasteiger partial charge in [-0.1, -0.05) is 30.3 Å². The Hall–Kier alpha value is -1.43. The van der Waals surface area contributed by atoms with Gasteiger partial charge in [0, 0.05) is 18.7 Å². The van der Waals surface area contributed by atoms with Gasteiger partial charge in [-0.25, -0.2) is 0 Å². The van der Waals surface area contributed by atoms with Gasteiger partial charge in [0.2, 0.25) is 11.6 Å². The Bertz CT molecular complexity index is 556. The number of rotatable bonds is 2. The Balaban J connectivity index is 0.000000902. The zero-order chi connectivity index (χ0) is 11.7. The number of carbonyl (C=O) groups excluding carboxylic acids is 1. The summed E-state index contributed by atoms with van der Waals surface area (Å²) in [6.45, 7) is 2.27. The molecular weight excluding hydrogens is 287 g/mol. The Morgan fingerprint density at radius 3 is 2.63 bits per heavy atom. The molecule has 0 saturated heterocycles. The van der Waals surface area contributed by atoms with Crippen LogP contribution in [0.4, 0.5) is 0 Å².